The summed E-state index contributed by atoms with van der Waals surface area (Å²) in [6.07, 6.45) is 2.91. The van der Waals surface area contributed by atoms with Gasteiger partial charge in [-0.1, -0.05) is 30.3 Å². The van der Waals surface area contributed by atoms with E-state index < -0.39 is 23.8 Å². The van der Waals surface area contributed by atoms with Gasteiger partial charge in [-0.25, -0.2) is 9.59 Å². The van der Waals surface area contributed by atoms with Gasteiger partial charge in [0.05, 0.1) is 0 Å². The van der Waals surface area contributed by atoms with Crippen LogP contribution in [0.2, 0.25) is 0 Å². The summed E-state index contributed by atoms with van der Waals surface area (Å²) in [4.78, 5) is 39.7. The normalized spacial score (nSPS) is 24.4. The molecule has 2 heterocycles. The predicted octanol–water partition coefficient (Wildman–Crippen LogP) is 3.17. The average molecular weight is 402 g/mol. The molecule has 0 saturated carbocycles. The zero-order valence-electron chi connectivity index (χ0n) is 17.3. The molecule has 29 heavy (non-hydrogen) atoms. The van der Waals surface area contributed by atoms with E-state index in [0.717, 1.165) is 24.8 Å². The summed E-state index contributed by atoms with van der Waals surface area (Å²) in [5.74, 6) is -0.611. The van der Waals surface area contributed by atoms with Gasteiger partial charge >= 0.3 is 12.1 Å². The second-order valence-electron chi connectivity index (χ2n) is 8.72. The van der Waals surface area contributed by atoms with E-state index in [1.165, 1.54) is 0 Å². The maximum Gasteiger partial charge on any atom is 0.408 e. The Labute approximate surface area is 171 Å². The Bertz CT molecular complexity index is 743. The summed E-state index contributed by atoms with van der Waals surface area (Å²) in [6, 6.07) is 8.20. The monoisotopic (exact) mass is 402 g/mol. The molecule has 0 aromatic heterocycles. The Morgan fingerprint density at radius 1 is 1.10 bits per heavy atom. The average Bonchev–Trinajstić information content (AvgIpc) is 3.01. The summed E-state index contributed by atoms with van der Waals surface area (Å²) in [7, 11) is 0. The first-order valence-corrected chi connectivity index (χ1v) is 10.3. The van der Waals surface area contributed by atoms with Crippen LogP contribution in [-0.2, 0) is 25.7 Å². The van der Waals surface area contributed by atoms with Crippen LogP contribution in [0.5, 0.6) is 0 Å². The van der Waals surface area contributed by atoms with Gasteiger partial charge in [0, 0.05) is 6.04 Å². The molecule has 0 aliphatic carbocycles. The number of ether oxygens (including phenoxy) is 2. The van der Waals surface area contributed by atoms with Gasteiger partial charge in [0.25, 0.3) is 0 Å². The number of alkyl carbamates (subject to hydrolysis) is 1. The van der Waals surface area contributed by atoms with E-state index in [9.17, 15) is 14.4 Å². The van der Waals surface area contributed by atoms with Gasteiger partial charge in [-0.05, 0) is 58.4 Å². The highest BCUT2D eigenvalue weighted by Crippen LogP contribution is 2.32. The van der Waals surface area contributed by atoms with Crippen LogP contribution in [0.15, 0.2) is 30.3 Å². The minimum atomic E-state index is -0.683. The van der Waals surface area contributed by atoms with E-state index in [2.05, 4.69) is 5.32 Å². The number of hydrogen-bond acceptors (Lipinski definition) is 5. The summed E-state index contributed by atoms with van der Waals surface area (Å²) < 4.78 is 10.8. The summed E-state index contributed by atoms with van der Waals surface area (Å²) >= 11 is 0. The van der Waals surface area contributed by atoms with Crippen LogP contribution in [0.3, 0.4) is 0 Å². The maximum absolute atomic E-state index is 13.2. The SMILES string of the molecule is CC(C)(C)OC(=O)N[C@H]1CCC[C@H]2CC[C@@H](C(=O)OCc3ccccc3)N2C1=O. The molecule has 3 atom stereocenters. The van der Waals surface area contributed by atoms with Crippen molar-refractivity contribution in [2.24, 2.45) is 0 Å². The fourth-order valence-corrected chi connectivity index (χ4v) is 4.00. The third kappa shape index (κ3) is 5.49. The van der Waals surface area contributed by atoms with Gasteiger partial charge in [0.1, 0.15) is 24.3 Å². The molecule has 2 saturated heterocycles. The van der Waals surface area contributed by atoms with Crippen molar-refractivity contribution >= 4 is 18.0 Å². The zero-order valence-corrected chi connectivity index (χ0v) is 17.3. The van der Waals surface area contributed by atoms with Crippen LogP contribution in [0, 0.1) is 0 Å². The quantitative estimate of drug-likeness (QED) is 0.782. The molecule has 2 amide bonds. The third-order valence-corrected chi connectivity index (χ3v) is 5.27. The highest BCUT2D eigenvalue weighted by molar-refractivity contribution is 5.90. The number of hydrogen-bond donors (Lipinski definition) is 1. The standard InChI is InChI=1S/C22H30N2O5/c1-22(2,3)29-21(27)23-17-11-7-10-16-12-13-18(24(16)19(17)25)20(26)28-14-15-8-5-4-6-9-15/h4-6,8-9,16-18H,7,10-14H2,1-3H3,(H,23,27)/t16-,17-,18-/m0/s1. The van der Waals surface area contributed by atoms with Crippen LogP contribution in [-0.4, -0.2) is 46.6 Å². The topological polar surface area (TPSA) is 84.9 Å². The van der Waals surface area contributed by atoms with Gasteiger partial charge in [-0.15, -0.1) is 0 Å². The van der Waals surface area contributed by atoms with Crippen LogP contribution in [0.1, 0.15) is 58.4 Å². The molecule has 2 aliphatic rings. The number of carbonyl (C=O) groups excluding carboxylic acids is 3. The fourth-order valence-electron chi connectivity index (χ4n) is 4.00. The molecule has 2 aliphatic heterocycles. The number of benzene rings is 1. The van der Waals surface area contributed by atoms with Gasteiger partial charge < -0.3 is 19.7 Å². The first-order chi connectivity index (χ1) is 13.7. The number of carbonyl (C=O) groups is 3. The van der Waals surface area contributed by atoms with Crippen molar-refractivity contribution in [2.75, 3.05) is 0 Å². The molecule has 1 aromatic rings. The van der Waals surface area contributed by atoms with Gasteiger partial charge in [-0.2, -0.15) is 0 Å². The largest absolute Gasteiger partial charge is 0.459 e. The van der Waals surface area contributed by atoms with Crippen molar-refractivity contribution in [3.63, 3.8) is 0 Å². The smallest absolute Gasteiger partial charge is 0.408 e. The second-order valence-corrected chi connectivity index (χ2v) is 8.72. The number of fused-ring (bicyclic) bond motifs is 1. The Kier molecular flexibility index (Phi) is 6.45. The number of esters is 1. The minimum Gasteiger partial charge on any atom is -0.459 e. The van der Waals surface area contributed by atoms with Crippen LogP contribution in [0.4, 0.5) is 4.79 Å². The Balaban J connectivity index is 1.65. The number of rotatable bonds is 4. The predicted molar refractivity (Wildman–Crippen MR) is 107 cm³/mol. The third-order valence-electron chi connectivity index (χ3n) is 5.27. The Morgan fingerprint density at radius 2 is 1.83 bits per heavy atom. The van der Waals surface area contributed by atoms with Crippen molar-refractivity contribution in [2.45, 2.75) is 83.2 Å². The van der Waals surface area contributed by atoms with E-state index in [4.69, 9.17) is 9.47 Å². The Morgan fingerprint density at radius 3 is 2.52 bits per heavy atom. The van der Waals surface area contributed by atoms with E-state index in [0.29, 0.717) is 12.8 Å². The summed E-state index contributed by atoms with van der Waals surface area (Å²) in [6.45, 7) is 5.51. The first-order valence-electron chi connectivity index (χ1n) is 10.3. The molecule has 0 unspecified atom stereocenters. The molecule has 7 heteroatoms. The zero-order chi connectivity index (χ0) is 21.0. The maximum atomic E-state index is 13.2. The number of nitrogens with zero attached hydrogens (tertiary/aromatic N) is 1. The van der Waals surface area contributed by atoms with E-state index in [-0.39, 0.29) is 24.5 Å². The molecule has 2 fully saturated rings. The molecule has 3 rings (SSSR count). The molecular weight excluding hydrogens is 372 g/mol. The number of nitrogens with one attached hydrogen (secondary N) is 1. The van der Waals surface area contributed by atoms with E-state index in [1.807, 2.05) is 30.3 Å². The van der Waals surface area contributed by atoms with Gasteiger partial charge in [-0.3, -0.25) is 4.79 Å². The van der Waals surface area contributed by atoms with Crippen molar-refractivity contribution in [3.8, 4) is 0 Å². The molecule has 7 nitrogen and oxygen atoms in total. The lowest BCUT2D eigenvalue weighted by Crippen LogP contribution is -2.53. The lowest BCUT2D eigenvalue weighted by Gasteiger charge is -2.30. The van der Waals surface area contributed by atoms with Crippen molar-refractivity contribution in [3.05, 3.63) is 35.9 Å². The lowest BCUT2D eigenvalue weighted by atomic mass is 10.1. The fraction of sp³-hybridized carbons (Fsp3) is 0.591. The van der Waals surface area contributed by atoms with Crippen LogP contribution >= 0.6 is 0 Å². The van der Waals surface area contributed by atoms with Crippen molar-refractivity contribution in [1.29, 1.82) is 0 Å². The number of amides is 2. The second kappa shape index (κ2) is 8.84. The van der Waals surface area contributed by atoms with E-state index in [1.54, 1.807) is 25.7 Å². The highest BCUT2D eigenvalue weighted by Gasteiger charge is 2.45. The summed E-state index contributed by atoms with van der Waals surface area (Å²) in [5.41, 5.74) is 0.264. The Hall–Kier alpha value is -2.57. The molecule has 1 N–H and O–H groups in total. The molecule has 0 spiro atoms. The van der Waals surface area contributed by atoms with Crippen molar-refractivity contribution < 1.29 is 23.9 Å². The lowest BCUT2D eigenvalue weighted by molar-refractivity contribution is -0.156. The van der Waals surface area contributed by atoms with Gasteiger partial charge in [0.15, 0.2) is 0 Å². The highest BCUT2D eigenvalue weighted by atomic mass is 16.6. The molecule has 158 valence electrons. The molecule has 1 aromatic carbocycles. The van der Waals surface area contributed by atoms with Gasteiger partial charge in [0.2, 0.25) is 5.91 Å². The van der Waals surface area contributed by atoms with Crippen LogP contribution in [0.25, 0.3) is 0 Å². The molecular formula is C22H30N2O5. The van der Waals surface area contributed by atoms with Crippen molar-refractivity contribution in [1.82, 2.24) is 10.2 Å². The minimum absolute atomic E-state index is 0.0159. The van der Waals surface area contributed by atoms with Crippen LogP contribution < -0.4 is 5.32 Å². The molecule has 0 bridgehead atoms. The first kappa shape index (κ1) is 21.1. The van der Waals surface area contributed by atoms with E-state index >= 15 is 0 Å². The summed E-state index contributed by atoms with van der Waals surface area (Å²) in [5, 5.41) is 2.69. The molecule has 0 radical (unpaired) electrons.